The highest BCUT2D eigenvalue weighted by Gasteiger charge is 2.40. The van der Waals surface area contributed by atoms with Gasteiger partial charge in [-0.05, 0) is 28.9 Å². The third-order valence-corrected chi connectivity index (χ3v) is 4.57. The summed E-state index contributed by atoms with van der Waals surface area (Å²) >= 11 is 0. The van der Waals surface area contributed by atoms with Gasteiger partial charge in [0.15, 0.2) is 0 Å². The molecular formula is C17H22N2O. The third kappa shape index (κ3) is 2.62. The van der Waals surface area contributed by atoms with Gasteiger partial charge in [0.1, 0.15) is 0 Å². The zero-order valence-corrected chi connectivity index (χ0v) is 12.3. The lowest BCUT2D eigenvalue weighted by Crippen LogP contribution is -2.39. The molecule has 1 aromatic carbocycles. The van der Waals surface area contributed by atoms with E-state index in [0.29, 0.717) is 0 Å². The van der Waals surface area contributed by atoms with Crippen LogP contribution in [-0.4, -0.2) is 6.03 Å². The van der Waals surface area contributed by atoms with Crippen molar-refractivity contribution >= 4 is 6.03 Å². The van der Waals surface area contributed by atoms with Crippen molar-refractivity contribution in [1.82, 2.24) is 5.32 Å². The first-order valence-electron chi connectivity index (χ1n) is 6.86. The smallest absolute Gasteiger partial charge is 0.316 e. The highest BCUT2D eigenvalue weighted by Crippen LogP contribution is 2.47. The van der Waals surface area contributed by atoms with Crippen LogP contribution in [0.2, 0.25) is 0 Å². The molecule has 1 unspecified atom stereocenters. The summed E-state index contributed by atoms with van der Waals surface area (Å²) in [5.41, 5.74) is 7.23. The molecule has 0 aromatic heterocycles. The van der Waals surface area contributed by atoms with E-state index in [1.54, 1.807) is 0 Å². The molecule has 1 atom stereocenters. The molecule has 0 saturated carbocycles. The molecule has 0 saturated heterocycles. The number of nitrogens with two attached hydrogens (primary N) is 1. The molecular weight excluding hydrogens is 248 g/mol. The van der Waals surface area contributed by atoms with Crippen LogP contribution in [0, 0.1) is 5.41 Å². The number of primary amides is 1. The number of nitrogens with one attached hydrogen (secondary N) is 1. The second kappa shape index (κ2) is 5.16. The van der Waals surface area contributed by atoms with Crippen LogP contribution in [0.4, 0.5) is 4.79 Å². The molecule has 0 heterocycles. The Morgan fingerprint density at radius 2 is 1.95 bits per heavy atom. The lowest BCUT2D eigenvalue weighted by molar-refractivity contribution is 0.237. The molecule has 2 amide bonds. The van der Waals surface area contributed by atoms with Gasteiger partial charge in [0.05, 0.1) is 0 Å². The topological polar surface area (TPSA) is 55.1 Å². The number of urea groups is 1. The van der Waals surface area contributed by atoms with Gasteiger partial charge in [0, 0.05) is 5.70 Å². The van der Waals surface area contributed by atoms with E-state index in [2.05, 4.69) is 56.4 Å². The molecule has 1 aliphatic rings. The van der Waals surface area contributed by atoms with Crippen LogP contribution in [0.1, 0.15) is 32.8 Å². The van der Waals surface area contributed by atoms with Gasteiger partial charge >= 0.3 is 6.03 Å². The third-order valence-electron chi connectivity index (χ3n) is 4.57. The lowest BCUT2D eigenvalue weighted by atomic mass is 9.60. The lowest BCUT2D eigenvalue weighted by Gasteiger charge is -2.44. The number of carbonyl (C=O) groups excluding carboxylic acids is 1. The van der Waals surface area contributed by atoms with Gasteiger partial charge in [-0.1, -0.05) is 63.3 Å². The van der Waals surface area contributed by atoms with Gasteiger partial charge in [-0.3, -0.25) is 0 Å². The number of rotatable bonds is 3. The standard InChI is InChI=1S/C17H22N2O/c1-16(2,13-7-5-4-6-8-13)17(3)11-9-14(10-12-17)19-15(18)20/h4-11H,12H2,1-3H3,(H3,18,19,20). The Kier molecular flexibility index (Phi) is 3.71. The molecule has 3 heteroatoms. The van der Waals surface area contributed by atoms with Gasteiger partial charge in [-0.15, -0.1) is 0 Å². The largest absolute Gasteiger partial charge is 0.351 e. The summed E-state index contributed by atoms with van der Waals surface area (Å²) in [4.78, 5) is 10.9. The molecule has 1 aromatic rings. The maximum atomic E-state index is 10.9. The number of allylic oxidation sites excluding steroid dienone is 3. The van der Waals surface area contributed by atoms with Crippen LogP contribution in [-0.2, 0) is 5.41 Å². The molecule has 1 aliphatic carbocycles. The van der Waals surface area contributed by atoms with Crippen molar-refractivity contribution < 1.29 is 4.79 Å². The Balaban J connectivity index is 2.24. The normalized spacial score (nSPS) is 22.2. The molecule has 0 fully saturated rings. The minimum absolute atomic E-state index is 0.000483. The molecule has 0 radical (unpaired) electrons. The van der Waals surface area contributed by atoms with Crippen molar-refractivity contribution in [1.29, 1.82) is 0 Å². The van der Waals surface area contributed by atoms with E-state index < -0.39 is 6.03 Å². The average Bonchev–Trinajstić information content (AvgIpc) is 2.42. The number of hydrogen-bond acceptors (Lipinski definition) is 1. The van der Waals surface area contributed by atoms with Crippen molar-refractivity contribution in [3.63, 3.8) is 0 Å². The van der Waals surface area contributed by atoms with E-state index in [1.807, 2.05) is 18.2 Å². The summed E-state index contributed by atoms with van der Waals surface area (Å²) in [6.45, 7) is 6.76. The molecule has 3 nitrogen and oxygen atoms in total. The van der Waals surface area contributed by atoms with Gasteiger partial charge in [0.2, 0.25) is 0 Å². The minimum atomic E-state index is -0.521. The summed E-state index contributed by atoms with van der Waals surface area (Å²) in [6, 6.07) is 9.99. The fourth-order valence-electron chi connectivity index (χ4n) is 2.61. The van der Waals surface area contributed by atoms with E-state index in [-0.39, 0.29) is 10.8 Å². The Bertz CT molecular complexity index is 558. The Hall–Kier alpha value is -2.03. The number of benzene rings is 1. The SMILES string of the molecule is CC1(C(C)(C)c2ccccc2)C=CC(NC(N)=O)=CC1. The molecule has 2 rings (SSSR count). The maximum Gasteiger partial charge on any atom is 0.316 e. The fourth-order valence-corrected chi connectivity index (χ4v) is 2.61. The average molecular weight is 270 g/mol. The van der Waals surface area contributed by atoms with Crippen molar-refractivity contribution in [3.8, 4) is 0 Å². The number of amides is 2. The second-order valence-corrected chi connectivity index (χ2v) is 6.09. The van der Waals surface area contributed by atoms with Gasteiger partial charge in [-0.25, -0.2) is 4.79 Å². The second-order valence-electron chi connectivity index (χ2n) is 6.09. The monoisotopic (exact) mass is 270 g/mol. The molecule has 0 spiro atoms. The van der Waals surface area contributed by atoms with Crippen LogP contribution in [0.25, 0.3) is 0 Å². The maximum absolute atomic E-state index is 10.9. The van der Waals surface area contributed by atoms with Crippen molar-refractivity contribution in [3.05, 3.63) is 59.8 Å². The summed E-state index contributed by atoms with van der Waals surface area (Å²) in [6.07, 6.45) is 7.01. The summed E-state index contributed by atoms with van der Waals surface area (Å²) < 4.78 is 0. The van der Waals surface area contributed by atoms with E-state index in [1.165, 1.54) is 5.56 Å². The summed E-state index contributed by atoms with van der Waals surface area (Å²) in [5, 5.41) is 2.62. The molecule has 3 N–H and O–H groups in total. The Labute approximate surface area is 120 Å². The Morgan fingerprint density at radius 1 is 1.30 bits per heavy atom. The van der Waals surface area contributed by atoms with E-state index in [0.717, 1.165) is 12.1 Å². The summed E-state index contributed by atoms with van der Waals surface area (Å²) in [5.74, 6) is 0. The van der Waals surface area contributed by atoms with Crippen molar-refractivity contribution in [2.24, 2.45) is 11.1 Å². The highest BCUT2D eigenvalue weighted by molar-refractivity contribution is 5.74. The van der Waals surface area contributed by atoms with E-state index in [4.69, 9.17) is 5.73 Å². The Morgan fingerprint density at radius 3 is 2.45 bits per heavy atom. The predicted molar refractivity (Wildman–Crippen MR) is 82.1 cm³/mol. The van der Waals surface area contributed by atoms with Gasteiger partial charge in [-0.2, -0.15) is 0 Å². The van der Waals surface area contributed by atoms with Crippen molar-refractivity contribution in [2.75, 3.05) is 0 Å². The first-order chi connectivity index (χ1) is 9.35. The first kappa shape index (κ1) is 14.4. The zero-order chi connectivity index (χ0) is 14.8. The van der Waals surface area contributed by atoms with Crippen LogP contribution in [0.5, 0.6) is 0 Å². The van der Waals surface area contributed by atoms with Crippen LogP contribution in [0.15, 0.2) is 54.3 Å². The quantitative estimate of drug-likeness (QED) is 0.868. The minimum Gasteiger partial charge on any atom is -0.351 e. The van der Waals surface area contributed by atoms with Crippen molar-refractivity contribution in [2.45, 2.75) is 32.6 Å². The molecule has 106 valence electrons. The zero-order valence-electron chi connectivity index (χ0n) is 12.3. The van der Waals surface area contributed by atoms with Crippen LogP contribution >= 0.6 is 0 Å². The predicted octanol–water partition coefficient (Wildman–Crippen LogP) is 3.48. The van der Waals surface area contributed by atoms with Gasteiger partial charge < -0.3 is 11.1 Å². The number of hydrogen-bond donors (Lipinski definition) is 2. The van der Waals surface area contributed by atoms with Crippen LogP contribution in [0.3, 0.4) is 0 Å². The molecule has 20 heavy (non-hydrogen) atoms. The summed E-state index contributed by atoms with van der Waals surface area (Å²) in [7, 11) is 0. The molecule has 0 aliphatic heterocycles. The fraction of sp³-hybridized carbons (Fsp3) is 0.353. The van der Waals surface area contributed by atoms with E-state index >= 15 is 0 Å². The van der Waals surface area contributed by atoms with Gasteiger partial charge in [0.25, 0.3) is 0 Å². The van der Waals surface area contributed by atoms with E-state index in [9.17, 15) is 4.79 Å². The van der Waals surface area contributed by atoms with Crippen LogP contribution < -0.4 is 11.1 Å². The highest BCUT2D eigenvalue weighted by atomic mass is 16.2. The first-order valence-corrected chi connectivity index (χ1v) is 6.86. The number of carbonyl (C=O) groups is 1. The molecule has 0 bridgehead atoms.